The zero-order valence-corrected chi connectivity index (χ0v) is 13.8. The number of rotatable bonds is 8. The first-order valence-electron chi connectivity index (χ1n) is 7.51. The smallest absolute Gasteiger partial charge is 0.178 e. The molecule has 1 aromatic carbocycles. The molecule has 0 bridgehead atoms. The van der Waals surface area contributed by atoms with Gasteiger partial charge in [0.2, 0.25) is 0 Å². The van der Waals surface area contributed by atoms with Crippen molar-refractivity contribution < 1.29 is 8.42 Å². The van der Waals surface area contributed by atoms with Crippen LogP contribution in [0.15, 0.2) is 53.7 Å². The predicted molar refractivity (Wildman–Crippen MR) is 87.5 cm³/mol. The van der Waals surface area contributed by atoms with Gasteiger partial charge in [0.05, 0.1) is 16.7 Å². The standard InChI is InChI=1S/C16H23N3O2S/c1-14(15(2)19-12-6-11-18-19)17-10-7-13-22(20,21)16-8-4-3-5-9-16/h3-6,8-9,11-12,14-15,17H,7,10,13H2,1-2H3/t14-,15-/m1/s1. The molecule has 0 fully saturated rings. The average molecular weight is 321 g/mol. The van der Waals surface area contributed by atoms with Gasteiger partial charge in [0.1, 0.15) is 0 Å². The quantitative estimate of drug-likeness (QED) is 0.758. The van der Waals surface area contributed by atoms with Crippen molar-refractivity contribution in [1.82, 2.24) is 15.1 Å². The zero-order valence-electron chi connectivity index (χ0n) is 13.0. The summed E-state index contributed by atoms with van der Waals surface area (Å²) < 4.78 is 26.2. The number of hydrogen-bond donors (Lipinski definition) is 1. The van der Waals surface area contributed by atoms with Crippen LogP contribution >= 0.6 is 0 Å². The Morgan fingerprint density at radius 1 is 1.18 bits per heavy atom. The lowest BCUT2D eigenvalue weighted by Crippen LogP contribution is -2.35. The maximum absolute atomic E-state index is 12.2. The Morgan fingerprint density at radius 3 is 2.55 bits per heavy atom. The van der Waals surface area contributed by atoms with Gasteiger partial charge in [-0.1, -0.05) is 18.2 Å². The third-order valence-electron chi connectivity index (χ3n) is 3.82. The molecule has 1 heterocycles. The van der Waals surface area contributed by atoms with Crippen LogP contribution in [-0.4, -0.2) is 36.5 Å². The molecular weight excluding hydrogens is 298 g/mol. The van der Waals surface area contributed by atoms with Crippen LogP contribution < -0.4 is 5.32 Å². The second-order valence-electron chi connectivity index (χ2n) is 5.45. The number of benzene rings is 1. The van der Waals surface area contributed by atoms with E-state index in [4.69, 9.17) is 0 Å². The fourth-order valence-corrected chi connectivity index (χ4v) is 3.59. The molecule has 0 spiro atoms. The van der Waals surface area contributed by atoms with Crippen LogP contribution in [0.3, 0.4) is 0 Å². The summed E-state index contributed by atoms with van der Waals surface area (Å²) in [6.45, 7) is 4.84. The van der Waals surface area contributed by atoms with Gasteiger partial charge in [0.25, 0.3) is 0 Å². The Morgan fingerprint density at radius 2 is 1.91 bits per heavy atom. The first-order chi connectivity index (χ1) is 10.5. The largest absolute Gasteiger partial charge is 0.312 e. The van der Waals surface area contributed by atoms with E-state index in [-0.39, 0.29) is 17.8 Å². The van der Waals surface area contributed by atoms with E-state index in [2.05, 4.69) is 24.3 Å². The minimum Gasteiger partial charge on any atom is -0.312 e. The summed E-state index contributed by atoms with van der Waals surface area (Å²) in [4.78, 5) is 0.396. The lowest BCUT2D eigenvalue weighted by molar-refractivity contribution is 0.367. The van der Waals surface area contributed by atoms with Crippen LogP contribution in [0.1, 0.15) is 26.3 Å². The summed E-state index contributed by atoms with van der Waals surface area (Å²) >= 11 is 0. The molecule has 2 rings (SSSR count). The van der Waals surface area contributed by atoms with Crippen molar-refractivity contribution in [1.29, 1.82) is 0 Å². The van der Waals surface area contributed by atoms with Gasteiger partial charge in [-0.25, -0.2) is 8.42 Å². The number of sulfone groups is 1. The lowest BCUT2D eigenvalue weighted by atomic mass is 10.2. The summed E-state index contributed by atoms with van der Waals surface area (Å²) in [5.41, 5.74) is 0. The molecule has 0 saturated heterocycles. The average Bonchev–Trinajstić information content (AvgIpc) is 3.06. The van der Waals surface area contributed by atoms with Crippen molar-refractivity contribution in [3.05, 3.63) is 48.8 Å². The van der Waals surface area contributed by atoms with Crippen LogP contribution in [0.4, 0.5) is 0 Å². The highest BCUT2D eigenvalue weighted by Crippen LogP contribution is 2.12. The zero-order chi connectivity index (χ0) is 16.0. The molecule has 0 radical (unpaired) electrons. The minimum atomic E-state index is -3.18. The van der Waals surface area contributed by atoms with Crippen LogP contribution in [0, 0.1) is 0 Å². The Balaban J connectivity index is 1.77. The number of nitrogens with one attached hydrogen (secondary N) is 1. The maximum atomic E-state index is 12.2. The van der Waals surface area contributed by atoms with Gasteiger partial charge in [-0.3, -0.25) is 4.68 Å². The summed E-state index contributed by atoms with van der Waals surface area (Å²) in [6.07, 6.45) is 4.28. The van der Waals surface area contributed by atoms with E-state index in [9.17, 15) is 8.42 Å². The SMILES string of the molecule is C[C@H]([C@@H](C)NCCCS(=O)(=O)c1ccccc1)n1cccn1. The van der Waals surface area contributed by atoms with E-state index in [1.807, 2.05) is 23.0 Å². The Bertz CT molecular complexity index is 654. The Hall–Kier alpha value is -1.66. The monoisotopic (exact) mass is 321 g/mol. The molecule has 0 unspecified atom stereocenters. The van der Waals surface area contributed by atoms with Gasteiger partial charge < -0.3 is 5.32 Å². The first-order valence-corrected chi connectivity index (χ1v) is 9.16. The third-order valence-corrected chi connectivity index (χ3v) is 5.64. The molecule has 0 aliphatic carbocycles. The molecule has 120 valence electrons. The van der Waals surface area contributed by atoms with E-state index in [0.29, 0.717) is 17.9 Å². The van der Waals surface area contributed by atoms with Crippen molar-refractivity contribution in [2.45, 2.75) is 37.2 Å². The van der Waals surface area contributed by atoms with Crippen LogP contribution in [0.5, 0.6) is 0 Å². The number of nitrogens with zero attached hydrogens (tertiary/aromatic N) is 2. The molecule has 0 aliphatic rings. The van der Waals surface area contributed by atoms with Gasteiger partial charge in [-0.05, 0) is 45.0 Å². The van der Waals surface area contributed by atoms with Crippen molar-refractivity contribution in [2.75, 3.05) is 12.3 Å². The predicted octanol–water partition coefficient (Wildman–Crippen LogP) is 2.29. The second kappa shape index (κ2) is 7.56. The van der Waals surface area contributed by atoms with Crippen LogP contribution in [0.25, 0.3) is 0 Å². The molecule has 5 nitrogen and oxygen atoms in total. The molecular formula is C16H23N3O2S. The summed E-state index contributed by atoms with van der Waals surface area (Å²) in [6, 6.07) is 10.9. The molecule has 2 aromatic rings. The lowest BCUT2D eigenvalue weighted by Gasteiger charge is -2.21. The molecule has 6 heteroatoms. The Kier molecular flexibility index (Phi) is 5.74. The summed E-state index contributed by atoms with van der Waals surface area (Å²) in [7, 11) is -3.18. The fourth-order valence-electron chi connectivity index (χ4n) is 2.26. The van der Waals surface area contributed by atoms with Crippen molar-refractivity contribution in [2.24, 2.45) is 0 Å². The summed E-state index contributed by atoms with van der Waals surface area (Å²) in [5.74, 6) is 0.160. The maximum Gasteiger partial charge on any atom is 0.178 e. The van der Waals surface area contributed by atoms with E-state index >= 15 is 0 Å². The van der Waals surface area contributed by atoms with E-state index in [1.54, 1.807) is 30.5 Å². The van der Waals surface area contributed by atoms with Crippen LogP contribution in [-0.2, 0) is 9.84 Å². The van der Waals surface area contributed by atoms with E-state index in [0.717, 1.165) is 0 Å². The number of hydrogen-bond acceptors (Lipinski definition) is 4. The van der Waals surface area contributed by atoms with Crippen molar-refractivity contribution in [3.63, 3.8) is 0 Å². The van der Waals surface area contributed by atoms with Gasteiger partial charge in [0, 0.05) is 18.4 Å². The Labute approximate surface area is 132 Å². The van der Waals surface area contributed by atoms with E-state index in [1.165, 1.54) is 0 Å². The molecule has 2 atom stereocenters. The number of aromatic nitrogens is 2. The van der Waals surface area contributed by atoms with Gasteiger partial charge >= 0.3 is 0 Å². The normalized spacial score (nSPS) is 14.6. The highest BCUT2D eigenvalue weighted by molar-refractivity contribution is 7.91. The molecule has 0 aliphatic heterocycles. The van der Waals surface area contributed by atoms with Gasteiger partial charge in [-0.2, -0.15) is 5.10 Å². The van der Waals surface area contributed by atoms with Crippen molar-refractivity contribution >= 4 is 9.84 Å². The minimum absolute atomic E-state index is 0.160. The second-order valence-corrected chi connectivity index (χ2v) is 7.56. The summed E-state index contributed by atoms with van der Waals surface area (Å²) in [5, 5.41) is 7.59. The van der Waals surface area contributed by atoms with Crippen LogP contribution in [0.2, 0.25) is 0 Å². The first kappa shape index (κ1) is 16.7. The third kappa shape index (κ3) is 4.42. The van der Waals surface area contributed by atoms with Gasteiger partial charge in [0.15, 0.2) is 9.84 Å². The highest BCUT2D eigenvalue weighted by atomic mass is 32.2. The molecule has 1 N–H and O–H groups in total. The highest BCUT2D eigenvalue weighted by Gasteiger charge is 2.15. The fraction of sp³-hybridized carbons (Fsp3) is 0.438. The van der Waals surface area contributed by atoms with E-state index < -0.39 is 9.84 Å². The van der Waals surface area contributed by atoms with Crippen molar-refractivity contribution in [3.8, 4) is 0 Å². The molecule has 0 saturated carbocycles. The van der Waals surface area contributed by atoms with Gasteiger partial charge in [-0.15, -0.1) is 0 Å². The molecule has 0 amide bonds. The molecule has 1 aromatic heterocycles. The molecule has 22 heavy (non-hydrogen) atoms. The topological polar surface area (TPSA) is 64.0 Å².